The summed E-state index contributed by atoms with van der Waals surface area (Å²) in [5.41, 5.74) is 1.15. The molecule has 0 N–H and O–H groups in total. The van der Waals surface area contributed by atoms with E-state index in [0.717, 1.165) is 25.0 Å². The molecule has 0 aliphatic heterocycles. The highest BCUT2D eigenvalue weighted by atomic mass is 32.1. The van der Waals surface area contributed by atoms with Crippen molar-refractivity contribution in [2.24, 2.45) is 5.92 Å². The highest BCUT2D eigenvalue weighted by Gasteiger charge is 2.10. The summed E-state index contributed by atoms with van der Waals surface area (Å²) >= 11 is 1.72. The molecule has 1 aromatic heterocycles. The normalized spacial score (nSPS) is 10.6. The SMILES string of the molecule is CCCc1nc(CC(C)C)sc1CC#N. The second-order valence-electron chi connectivity index (χ2n) is 4.16. The van der Waals surface area contributed by atoms with Crippen molar-refractivity contribution in [3.05, 3.63) is 15.6 Å². The van der Waals surface area contributed by atoms with Gasteiger partial charge < -0.3 is 0 Å². The molecule has 0 atom stereocenters. The van der Waals surface area contributed by atoms with E-state index in [2.05, 4.69) is 31.8 Å². The zero-order valence-corrected chi connectivity index (χ0v) is 10.5. The Hall–Kier alpha value is -0.880. The third kappa shape index (κ3) is 3.64. The van der Waals surface area contributed by atoms with Crippen LogP contribution in [-0.2, 0) is 19.3 Å². The third-order valence-corrected chi connectivity index (χ3v) is 3.25. The number of nitriles is 1. The van der Waals surface area contributed by atoms with E-state index in [1.807, 2.05) is 0 Å². The van der Waals surface area contributed by atoms with E-state index >= 15 is 0 Å². The molecule has 0 spiro atoms. The first-order valence-corrected chi connectivity index (χ1v) is 6.33. The lowest BCUT2D eigenvalue weighted by Crippen LogP contribution is -1.94. The summed E-state index contributed by atoms with van der Waals surface area (Å²) in [4.78, 5) is 5.80. The van der Waals surface area contributed by atoms with Gasteiger partial charge >= 0.3 is 0 Å². The Bertz CT molecular complexity index is 347. The molecule has 0 bridgehead atoms. The average Bonchev–Trinajstić information content (AvgIpc) is 2.48. The van der Waals surface area contributed by atoms with Crippen molar-refractivity contribution >= 4 is 11.3 Å². The van der Waals surface area contributed by atoms with Crippen LogP contribution >= 0.6 is 11.3 Å². The average molecular weight is 222 g/mol. The predicted octanol–water partition coefficient (Wildman–Crippen LogP) is 3.36. The lowest BCUT2D eigenvalue weighted by molar-refractivity contribution is 0.642. The van der Waals surface area contributed by atoms with Crippen molar-refractivity contribution in [2.75, 3.05) is 0 Å². The highest BCUT2D eigenvalue weighted by Crippen LogP contribution is 2.22. The number of hydrogen-bond donors (Lipinski definition) is 0. The fourth-order valence-electron chi connectivity index (χ4n) is 1.52. The Kier molecular flexibility index (Phi) is 4.77. The van der Waals surface area contributed by atoms with Crippen LogP contribution in [0.3, 0.4) is 0 Å². The van der Waals surface area contributed by atoms with Crippen LogP contribution in [0.1, 0.15) is 42.8 Å². The monoisotopic (exact) mass is 222 g/mol. The molecule has 0 radical (unpaired) electrons. The molecule has 0 aliphatic carbocycles. The van der Waals surface area contributed by atoms with Crippen LogP contribution in [0.4, 0.5) is 0 Å². The van der Waals surface area contributed by atoms with Crippen LogP contribution in [0.2, 0.25) is 0 Å². The Labute approximate surface area is 96.0 Å². The molecule has 0 saturated carbocycles. The summed E-state index contributed by atoms with van der Waals surface area (Å²) in [7, 11) is 0. The van der Waals surface area contributed by atoms with Gasteiger partial charge in [0.15, 0.2) is 0 Å². The first kappa shape index (κ1) is 12.2. The van der Waals surface area contributed by atoms with Gasteiger partial charge in [-0.15, -0.1) is 11.3 Å². The molecule has 0 aromatic carbocycles. The lowest BCUT2D eigenvalue weighted by Gasteiger charge is -1.98. The zero-order valence-electron chi connectivity index (χ0n) is 9.71. The Morgan fingerprint density at radius 1 is 1.47 bits per heavy atom. The molecule has 0 fully saturated rings. The third-order valence-electron chi connectivity index (χ3n) is 2.13. The maximum Gasteiger partial charge on any atom is 0.0934 e. The molecule has 0 amide bonds. The Morgan fingerprint density at radius 3 is 2.73 bits per heavy atom. The smallest absolute Gasteiger partial charge is 0.0934 e. The number of aromatic nitrogens is 1. The number of nitrogens with zero attached hydrogens (tertiary/aromatic N) is 2. The fourth-order valence-corrected chi connectivity index (χ4v) is 2.77. The molecular weight excluding hydrogens is 204 g/mol. The van der Waals surface area contributed by atoms with Crippen LogP contribution in [0, 0.1) is 17.2 Å². The summed E-state index contributed by atoms with van der Waals surface area (Å²) in [6.45, 7) is 6.55. The minimum atomic E-state index is 0.519. The summed E-state index contributed by atoms with van der Waals surface area (Å²) in [5, 5.41) is 9.93. The fraction of sp³-hybridized carbons (Fsp3) is 0.667. The van der Waals surface area contributed by atoms with Crippen LogP contribution in [0.15, 0.2) is 0 Å². The van der Waals surface area contributed by atoms with E-state index in [0.29, 0.717) is 12.3 Å². The van der Waals surface area contributed by atoms with Gasteiger partial charge in [-0.05, 0) is 12.3 Å². The van der Waals surface area contributed by atoms with Crippen LogP contribution < -0.4 is 0 Å². The lowest BCUT2D eigenvalue weighted by atomic mass is 10.1. The van der Waals surface area contributed by atoms with Gasteiger partial charge in [-0.3, -0.25) is 0 Å². The van der Waals surface area contributed by atoms with Crippen molar-refractivity contribution in [1.29, 1.82) is 5.26 Å². The van der Waals surface area contributed by atoms with E-state index in [9.17, 15) is 0 Å². The number of rotatable bonds is 5. The second-order valence-corrected chi connectivity index (χ2v) is 5.33. The molecule has 0 saturated heterocycles. The first-order chi connectivity index (χ1) is 7.17. The Morgan fingerprint density at radius 2 is 2.20 bits per heavy atom. The standard InChI is InChI=1S/C12H18N2S/c1-4-5-10-11(6-7-13)15-12(14-10)8-9(2)3/h9H,4-6,8H2,1-3H3. The van der Waals surface area contributed by atoms with Crippen molar-refractivity contribution < 1.29 is 0 Å². The predicted molar refractivity (Wildman–Crippen MR) is 64.0 cm³/mol. The number of aryl methyl sites for hydroxylation is 1. The van der Waals surface area contributed by atoms with Crippen molar-refractivity contribution in [1.82, 2.24) is 4.98 Å². The van der Waals surface area contributed by atoms with Crippen LogP contribution in [0.25, 0.3) is 0 Å². The summed E-state index contributed by atoms with van der Waals surface area (Å²) in [6.07, 6.45) is 3.66. The second kappa shape index (κ2) is 5.87. The van der Waals surface area contributed by atoms with E-state index in [-0.39, 0.29) is 0 Å². The van der Waals surface area contributed by atoms with Crippen LogP contribution in [0.5, 0.6) is 0 Å². The minimum Gasteiger partial charge on any atom is -0.246 e. The Balaban J connectivity index is 2.83. The molecule has 0 aliphatic rings. The number of thiazole rings is 1. The molecule has 3 heteroatoms. The zero-order chi connectivity index (χ0) is 11.3. The van der Waals surface area contributed by atoms with Crippen molar-refractivity contribution in [2.45, 2.75) is 46.5 Å². The maximum atomic E-state index is 8.73. The molecule has 1 aromatic rings. The molecule has 1 heterocycles. The minimum absolute atomic E-state index is 0.519. The molecule has 0 unspecified atom stereocenters. The van der Waals surface area contributed by atoms with Gasteiger partial charge in [0.1, 0.15) is 0 Å². The van der Waals surface area contributed by atoms with Crippen molar-refractivity contribution in [3.8, 4) is 6.07 Å². The summed E-state index contributed by atoms with van der Waals surface area (Å²) in [5.74, 6) is 0.639. The van der Waals surface area contributed by atoms with Gasteiger partial charge in [0.05, 0.1) is 23.2 Å². The van der Waals surface area contributed by atoms with Gasteiger partial charge in [0, 0.05) is 11.3 Å². The van der Waals surface area contributed by atoms with Gasteiger partial charge in [-0.2, -0.15) is 5.26 Å². The van der Waals surface area contributed by atoms with E-state index in [1.165, 1.54) is 9.88 Å². The van der Waals surface area contributed by atoms with Gasteiger partial charge in [0.2, 0.25) is 0 Å². The van der Waals surface area contributed by atoms with Crippen LogP contribution in [-0.4, -0.2) is 4.98 Å². The van der Waals surface area contributed by atoms with E-state index in [1.54, 1.807) is 11.3 Å². The largest absolute Gasteiger partial charge is 0.246 e. The molecule has 15 heavy (non-hydrogen) atoms. The molecular formula is C12H18N2S. The first-order valence-electron chi connectivity index (χ1n) is 5.51. The maximum absolute atomic E-state index is 8.73. The summed E-state index contributed by atoms with van der Waals surface area (Å²) in [6, 6.07) is 2.22. The molecule has 2 nitrogen and oxygen atoms in total. The van der Waals surface area contributed by atoms with E-state index < -0.39 is 0 Å². The molecule has 82 valence electrons. The van der Waals surface area contributed by atoms with E-state index in [4.69, 9.17) is 5.26 Å². The highest BCUT2D eigenvalue weighted by molar-refractivity contribution is 7.11. The quantitative estimate of drug-likeness (QED) is 0.766. The number of hydrogen-bond acceptors (Lipinski definition) is 3. The summed E-state index contributed by atoms with van der Waals surface area (Å²) < 4.78 is 0. The van der Waals surface area contributed by atoms with Gasteiger partial charge in [0.25, 0.3) is 0 Å². The topological polar surface area (TPSA) is 36.7 Å². The molecule has 1 rings (SSSR count). The van der Waals surface area contributed by atoms with Crippen molar-refractivity contribution in [3.63, 3.8) is 0 Å². The van der Waals surface area contributed by atoms with Gasteiger partial charge in [-0.1, -0.05) is 27.2 Å². The van der Waals surface area contributed by atoms with Gasteiger partial charge in [-0.25, -0.2) is 4.98 Å².